The lowest BCUT2D eigenvalue weighted by molar-refractivity contribution is -0.150. The molecule has 7 heteroatoms. The van der Waals surface area contributed by atoms with Crippen LogP contribution < -0.4 is 10.6 Å². The average Bonchev–Trinajstić information content (AvgIpc) is 2.80. The van der Waals surface area contributed by atoms with Gasteiger partial charge in [-0.2, -0.15) is 0 Å². The van der Waals surface area contributed by atoms with Crippen molar-refractivity contribution in [3.05, 3.63) is 61.2 Å². The van der Waals surface area contributed by atoms with Crippen molar-refractivity contribution in [3.63, 3.8) is 0 Å². The van der Waals surface area contributed by atoms with Crippen LogP contribution in [-0.4, -0.2) is 48.2 Å². The molecule has 0 unspecified atom stereocenters. The van der Waals surface area contributed by atoms with Gasteiger partial charge in [0.1, 0.15) is 6.61 Å². The lowest BCUT2D eigenvalue weighted by Gasteiger charge is -2.21. The van der Waals surface area contributed by atoms with E-state index < -0.39 is 12.0 Å². The number of hydrogen-bond donors (Lipinski definition) is 3. The van der Waals surface area contributed by atoms with Gasteiger partial charge in [0.15, 0.2) is 0 Å². The molecule has 0 heterocycles. The first-order valence-electron chi connectivity index (χ1n) is 11.4. The zero-order valence-electron chi connectivity index (χ0n) is 19.8. The Bertz CT molecular complexity index is 765. The number of rotatable bonds is 16. The van der Waals surface area contributed by atoms with E-state index in [0.29, 0.717) is 25.7 Å². The summed E-state index contributed by atoms with van der Waals surface area (Å²) in [5.41, 5.74) is 1.06. The van der Waals surface area contributed by atoms with Crippen LogP contribution in [0.15, 0.2) is 55.6 Å². The second-order valence-electron chi connectivity index (χ2n) is 8.37. The molecule has 0 saturated carbocycles. The average molecular weight is 459 g/mol. The van der Waals surface area contributed by atoms with Crippen LogP contribution in [0.3, 0.4) is 0 Å². The SMILES string of the molecule is C=CCC[C@H](Cc1ccccc1)C(=O)OC[C@H](C)NC(=O)[C@H](CC=C)CC(=O)N[C@@H](C)CO. The van der Waals surface area contributed by atoms with Crippen LogP contribution in [0, 0.1) is 11.8 Å². The van der Waals surface area contributed by atoms with Crippen LogP contribution in [0.2, 0.25) is 0 Å². The maximum absolute atomic E-state index is 12.7. The Morgan fingerprint density at radius 1 is 1.03 bits per heavy atom. The van der Waals surface area contributed by atoms with Crippen molar-refractivity contribution < 1.29 is 24.2 Å². The summed E-state index contributed by atoms with van der Waals surface area (Å²) in [6.45, 7) is 10.7. The predicted octanol–water partition coefficient (Wildman–Crippen LogP) is 2.94. The van der Waals surface area contributed by atoms with Gasteiger partial charge in [0.25, 0.3) is 0 Å². The first-order valence-corrected chi connectivity index (χ1v) is 11.4. The van der Waals surface area contributed by atoms with Gasteiger partial charge in [-0.1, -0.05) is 42.5 Å². The lowest BCUT2D eigenvalue weighted by atomic mass is 9.95. The predicted molar refractivity (Wildman–Crippen MR) is 129 cm³/mol. The molecule has 3 N–H and O–H groups in total. The van der Waals surface area contributed by atoms with Crippen molar-refractivity contribution >= 4 is 17.8 Å². The molecule has 0 radical (unpaired) electrons. The summed E-state index contributed by atoms with van der Waals surface area (Å²) in [5.74, 6) is -1.81. The smallest absolute Gasteiger partial charge is 0.309 e. The number of carbonyl (C=O) groups excluding carboxylic acids is 3. The van der Waals surface area contributed by atoms with E-state index in [0.717, 1.165) is 5.56 Å². The lowest BCUT2D eigenvalue weighted by Crippen LogP contribution is -2.43. The van der Waals surface area contributed by atoms with Gasteiger partial charge in [0, 0.05) is 12.5 Å². The van der Waals surface area contributed by atoms with Crippen molar-refractivity contribution in [1.82, 2.24) is 10.6 Å². The summed E-state index contributed by atoms with van der Waals surface area (Å²) < 4.78 is 5.51. The molecule has 2 amide bonds. The molecule has 1 aromatic carbocycles. The van der Waals surface area contributed by atoms with Crippen LogP contribution in [-0.2, 0) is 25.5 Å². The molecule has 0 saturated heterocycles. The minimum absolute atomic E-state index is 0.0184. The molecule has 4 atom stereocenters. The zero-order chi connectivity index (χ0) is 24.6. The zero-order valence-corrected chi connectivity index (χ0v) is 19.8. The summed E-state index contributed by atoms with van der Waals surface area (Å²) in [6.07, 6.45) is 5.61. The van der Waals surface area contributed by atoms with Crippen LogP contribution >= 0.6 is 0 Å². The molecule has 33 heavy (non-hydrogen) atoms. The fourth-order valence-electron chi connectivity index (χ4n) is 3.34. The maximum Gasteiger partial charge on any atom is 0.309 e. The molecular formula is C26H38N2O5. The molecule has 0 aromatic heterocycles. The van der Waals surface area contributed by atoms with Crippen molar-refractivity contribution in [1.29, 1.82) is 0 Å². The Morgan fingerprint density at radius 3 is 2.33 bits per heavy atom. The molecule has 0 fully saturated rings. The first kappa shape index (κ1) is 28.1. The highest BCUT2D eigenvalue weighted by molar-refractivity contribution is 5.86. The van der Waals surface area contributed by atoms with Crippen molar-refractivity contribution in [2.24, 2.45) is 11.8 Å². The van der Waals surface area contributed by atoms with E-state index >= 15 is 0 Å². The molecule has 0 bridgehead atoms. The Morgan fingerprint density at radius 2 is 1.73 bits per heavy atom. The number of aliphatic hydroxyl groups is 1. The van der Waals surface area contributed by atoms with Crippen LogP contribution in [0.1, 0.15) is 45.1 Å². The molecule has 0 spiro atoms. The summed E-state index contributed by atoms with van der Waals surface area (Å²) in [7, 11) is 0. The molecule has 1 aromatic rings. The maximum atomic E-state index is 12.7. The topological polar surface area (TPSA) is 105 Å². The van der Waals surface area contributed by atoms with Gasteiger partial charge in [-0.25, -0.2) is 0 Å². The Labute approximate surface area is 197 Å². The minimum Gasteiger partial charge on any atom is -0.463 e. The number of esters is 1. The van der Waals surface area contributed by atoms with E-state index in [-0.39, 0.29) is 49.4 Å². The number of benzene rings is 1. The van der Waals surface area contributed by atoms with E-state index in [1.54, 1.807) is 26.0 Å². The van der Waals surface area contributed by atoms with Gasteiger partial charge >= 0.3 is 5.97 Å². The highest BCUT2D eigenvalue weighted by Crippen LogP contribution is 2.17. The molecule has 7 nitrogen and oxygen atoms in total. The Hall–Kier alpha value is -2.93. The summed E-state index contributed by atoms with van der Waals surface area (Å²) >= 11 is 0. The summed E-state index contributed by atoms with van der Waals surface area (Å²) in [4.78, 5) is 37.5. The molecular weight excluding hydrogens is 420 g/mol. The van der Waals surface area contributed by atoms with E-state index in [4.69, 9.17) is 9.84 Å². The summed E-state index contributed by atoms with van der Waals surface area (Å²) in [6, 6.07) is 8.97. The highest BCUT2D eigenvalue weighted by Gasteiger charge is 2.24. The Balaban J connectivity index is 2.60. The Kier molecular flexibility index (Phi) is 13.5. The van der Waals surface area contributed by atoms with E-state index in [2.05, 4.69) is 23.8 Å². The van der Waals surface area contributed by atoms with Crippen molar-refractivity contribution in [2.45, 2.75) is 58.0 Å². The largest absolute Gasteiger partial charge is 0.463 e. The fraction of sp³-hybridized carbons (Fsp3) is 0.500. The number of amides is 2. The third-order valence-corrected chi connectivity index (χ3v) is 5.18. The second-order valence-corrected chi connectivity index (χ2v) is 8.37. The summed E-state index contributed by atoms with van der Waals surface area (Å²) in [5, 5.41) is 14.5. The van der Waals surface area contributed by atoms with E-state index in [1.165, 1.54) is 0 Å². The monoisotopic (exact) mass is 458 g/mol. The molecule has 1 rings (SSSR count). The second kappa shape index (κ2) is 15.8. The van der Waals surface area contributed by atoms with Crippen LogP contribution in [0.5, 0.6) is 0 Å². The quantitative estimate of drug-likeness (QED) is 0.261. The van der Waals surface area contributed by atoms with Gasteiger partial charge < -0.3 is 20.5 Å². The van der Waals surface area contributed by atoms with Gasteiger partial charge in [-0.05, 0) is 45.1 Å². The minimum atomic E-state index is -0.593. The van der Waals surface area contributed by atoms with Gasteiger partial charge in [-0.15, -0.1) is 13.2 Å². The standard InChI is InChI=1S/C26H38N2O5/c1-5-7-14-23(15-21-12-9-8-10-13-21)26(32)33-18-20(4)28-25(31)22(11-6-2)16-24(30)27-19(3)17-29/h5-6,8-10,12-13,19-20,22-23,29H,1-2,7,11,14-18H2,3-4H3,(H,27,30)(H,28,31)/t19-,20-,22+,23+/m0/s1. The molecule has 182 valence electrons. The number of ether oxygens (including phenoxy) is 1. The number of nitrogens with one attached hydrogen (secondary N) is 2. The first-order chi connectivity index (χ1) is 15.8. The van der Waals surface area contributed by atoms with E-state index in [9.17, 15) is 14.4 Å². The van der Waals surface area contributed by atoms with E-state index in [1.807, 2.05) is 30.3 Å². The third kappa shape index (κ3) is 11.5. The number of hydrogen-bond acceptors (Lipinski definition) is 5. The normalized spacial score (nSPS) is 14.3. The molecule has 0 aliphatic rings. The molecule has 0 aliphatic heterocycles. The fourth-order valence-corrected chi connectivity index (χ4v) is 3.34. The number of aliphatic hydroxyl groups excluding tert-OH is 1. The van der Waals surface area contributed by atoms with Crippen molar-refractivity contribution in [2.75, 3.05) is 13.2 Å². The van der Waals surface area contributed by atoms with Gasteiger partial charge in [0.05, 0.1) is 24.5 Å². The third-order valence-electron chi connectivity index (χ3n) is 5.18. The number of carbonyl (C=O) groups is 3. The molecule has 0 aliphatic carbocycles. The van der Waals surface area contributed by atoms with Crippen molar-refractivity contribution in [3.8, 4) is 0 Å². The van der Waals surface area contributed by atoms with Gasteiger partial charge in [0.2, 0.25) is 11.8 Å². The van der Waals surface area contributed by atoms with Crippen LogP contribution in [0.4, 0.5) is 0 Å². The van der Waals surface area contributed by atoms with Gasteiger partial charge in [-0.3, -0.25) is 14.4 Å². The highest BCUT2D eigenvalue weighted by atomic mass is 16.5. The van der Waals surface area contributed by atoms with Crippen LogP contribution in [0.25, 0.3) is 0 Å². The number of allylic oxidation sites excluding steroid dienone is 2.